The molecule has 0 bridgehead atoms. The van der Waals surface area contributed by atoms with Crippen LogP contribution in [0.1, 0.15) is 39.5 Å². The van der Waals surface area contributed by atoms with E-state index in [9.17, 15) is 0 Å². The number of rotatable bonds is 4. The second-order valence-corrected chi connectivity index (χ2v) is 4.22. The molecule has 0 radical (unpaired) electrons. The molecule has 0 N–H and O–H groups in total. The maximum Gasteiger partial charge on any atom is 0.159 e. The van der Waals surface area contributed by atoms with Crippen LogP contribution in [-0.4, -0.2) is 19.0 Å². The highest BCUT2D eigenvalue weighted by Gasteiger charge is 2.18. The lowest BCUT2D eigenvalue weighted by Gasteiger charge is -2.26. The van der Waals surface area contributed by atoms with Crippen molar-refractivity contribution in [3.63, 3.8) is 0 Å². The highest BCUT2D eigenvalue weighted by molar-refractivity contribution is 4.95. The topological polar surface area (TPSA) is 18.5 Å². The third kappa shape index (κ3) is 4.13. The summed E-state index contributed by atoms with van der Waals surface area (Å²) in [5, 5.41) is 0. The Bertz CT molecular complexity index is 187. The zero-order valence-electron chi connectivity index (χ0n) is 9.16. The fourth-order valence-electron chi connectivity index (χ4n) is 1.59. The molecule has 2 heteroatoms. The van der Waals surface area contributed by atoms with E-state index in [0.29, 0.717) is 5.92 Å². The van der Waals surface area contributed by atoms with Crippen molar-refractivity contribution in [2.24, 2.45) is 5.92 Å². The molecule has 2 atom stereocenters. The predicted octanol–water partition coefficient (Wildman–Crippen LogP) is 2.58. The molecular weight excluding hydrogens is 176 g/mol. The van der Waals surface area contributed by atoms with Crippen LogP contribution in [0.2, 0.25) is 0 Å². The molecule has 80 valence electrons. The zero-order valence-corrected chi connectivity index (χ0v) is 9.16. The molecule has 1 heterocycles. The van der Waals surface area contributed by atoms with Crippen LogP contribution in [0.15, 0.2) is 0 Å². The fraction of sp³-hybridized carbons (Fsp3) is 0.833. The Morgan fingerprint density at radius 2 is 2.29 bits per heavy atom. The highest BCUT2D eigenvalue weighted by atomic mass is 16.7. The van der Waals surface area contributed by atoms with Crippen molar-refractivity contribution in [3.05, 3.63) is 0 Å². The molecule has 2 unspecified atom stereocenters. The van der Waals surface area contributed by atoms with Gasteiger partial charge in [0.1, 0.15) is 6.10 Å². The Balaban J connectivity index is 2.28. The predicted molar refractivity (Wildman–Crippen MR) is 56.8 cm³/mol. The summed E-state index contributed by atoms with van der Waals surface area (Å²) in [7, 11) is 0. The average molecular weight is 196 g/mol. The van der Waals surface area contributed by atoms with Crippen molar-refractivity contribution in [2.75, 3.05) is 6.61 Å². The van der Waals surface area contributed by atoms with Gasteiger partial charge in [-0.25, -0.2) is 0 Å². The van der Waals surface area contributed by atoms with Gasteiger partial charge in [-0.1, -0.05) is 19.8 Å². The quantitative estimate of drug-likeness (QED) is 0.643. The standard InChI is InChI=1S/C12H20O2/c1-4-11(9-10(2)3)14-12-7-5-6-8-13-12/h1,10-12H,5-9H2,2-3H3. The van der Waals surface area contributed by atoms with Gasteiger partial charge in [-0.15, -0.1) is 6.42 Å². The van der Waals surface area contributed by atoms with Crippen LogP contribution in [0, 0.1) is 18.3 Å². The van der Waals surface area contributed by atoms with Gasteiger partial charge < -0.3 is 9.47 Å². The van der Waals surface area contributed by atoms with Crippen LogP contribution in [-0.2, 0) is 9.47 Å². The van der Waals surface area contributed by atoms with Crippen molar-refractivity contribution in [1.82, 2.24) is 0 Å². The molecule has 0 aromatic rings. The minimum atomic E-state index is -0.0851. The van der Waals surface area contributed by atoms with Gasteiger partial charge in [-0.2, -0.15) is 0 Å². The maximum absolute atomic E-state index is 5.69. The smallest absolute Gasteiger partial charge is 0.159 e. The summed E-state index contributed by atoms with van der Waals surface area (Å²) in [6.45, 7) is 5.11. The minimum absolute atomic E-state index is 0.0662. The van der Waals surface area contributed by atoms with Crippen LogP contribution in [0.5, 0.6) is 0 Å². The van der Waals surface area contributed by atoms with Gasteiger partial charge in [0.2, 0.25) is 0 Å². The summed E-state index contributed by atoms with van der Waals surface area (Å²) in [4.78, 5) is 0. The van der Waals surface area contributed by atoms with Crippen LogP contribution in [0.25, 0.3) is 0 Å². The molecule has 1 rings (SSSR count). The third-order valence-corrected chi connectivity index (χ3v) is 2.33. The first-order chi connectivity index (χ1) is 6.72. The lowest BCUT2D eigenvalue weighted by atomic mass is 10.1. The Hall–Kier alpha value is -0.520. The van der Waals surface area contributed by atoms with Crippen molar-refractivity contribution in [2.45, 2.75) is 51.9 Å². The summed E-state index contributed by atoms with van der Waals surface area (Å²) >= 11 is 0. The molecule has 14 heavy (non-hydrogen) atoms. The molecule has 1 saturated heterocycles. The third-order valence-electron chi connectivity index (χ3n) is 2.33. The maximum atomic E-state index is 5.69. The second kappa shape index (κ2) is 6.06. The summed E-state index contributed by atoms with van der Waals surface area (Å²) in [6.07, 6.45) is 9.48. The Labute approximate surface area is 87.0 Å². The Morgan fingerprint density at radius 3 is 2.79 bits per heavy atom. The first kappa shape index (κ1) is 11.6. The van der Waals surface area contributed by atoms with Crippen molar-refractivity contribution >= 4 is 0 Å². The fourth-order valence-corrected chi connectivity index (χ4v) is 1.59. The van der Waals surface area contributed by atoms with Gasteiger partial charge in [0, 0.05) is 6.61 Å². The molecule has 0 aliphatic carbocycles. The Kier molecular flexibility index (Phi) is 5.00. The summed E-state index contributed by atoms with van der Waals surface area (Å²) in [5.41, 5.74) is 0. The molecule has 0 aromatic heterocycles. The normalized spacial score (nSPS) is 24.6. The van der Waals surface area contributed by atoms with E-state index in [2.05, 4.69) is 19.8 Å². The molecule has 2 nitrogen and oxygen atoms in total. The largest absolute Gasteiger partial charge is 0.353 e. The molecular formula is C12H20O2. The lowest BCUT2D eigenvalue weighted by molar-refractivity contribution is -0.178. The Morgan fingerprint density at radius 1 is 1.50 bits per heavy atom. The van der Waals surface area contributed by atoms with E-state index < -0.39 is 0 Å². The molecule has 0 aromatic carbocycles. The van der Waals surface area contributed by atoms with E-state index in [0.717, 1.165) is 25.9 Å². The van der Waals surface area contributed by atoms with E-state index in [1.54, 1.807) is 0 Å². The molecule has 1 fully saturated rings. The van der Waals surface area contributed by atoms with Gasteiger partial charge in [-0.3, -0.25) is 0 Å². The van der Waals surface area contributed by atoms with Crippen LogP contribution in [0.4, 0.5) is 0 Å². The monoisotopic (exact) mass is 196 g/mol. The first-order valence-electron chi connectivity index (χ1n) is 5.45. The van der Waals surface area contributed by atoms with Crippen molar-refractivity contribution in [1.29, 1.82) is 0 Å². The van der Waals surface area contributed by atoms with Crippen LogP contribution >= 0.6 is 0 Å². The van der Waals surface area contributed by atoms with Crippen molar-refractivity contribution < 1.29 is 9.47 Å². The summed E-state index contributed by atoms with van der Waals surface area (Å²) < 4.78 is 11.2. The first-order valence-corrected chi connectivity index (χ1v) is 5.45. The molecule has 0 amide bonds. The average Bonchev–Trinajstić information content (AvgIpc) is 2.17. The van der Waals surface area contributed by atoms with Gasteiger partial charge in [0.05, 0.1) is 0 Å². The summed E-state index contributed by atoms with van der Waals surface area (Å²) in [6, 6.07) is 0. The molecule has 1 aliphatic heterocycles. The van der Waals surface area contributed by atoms with E-state index >= 15 is 0 Å². The molecule has 0 saturated carbocycles. The van der Waals surface area contributed by atoms with Gasteiger partial charge >= 0.3 is 0 Å². The minimum Gasteiger partial charge on any atom is -0.353 e. The van der Waals surface area contributed by atoms with E-state index in [4.69, 9.17) is 15.9 Å². The van der Waals surface area contributed by atoms with Crippen molar-refractivity contribution in [3.8, 4) is 12.3 Å². The number of terminal acetylenes is 1. The number of hydrogen-bond acceptors (Lipinski definition) is 2. The lowest BCUT2D eigenvalue weighted by Crippen LogP contribution is -2.27. The highest BCUT2D eigenvalue weighted by Crippen LogP contribution is 2.17. The van der Waals surface area contributed by atoms with Gasteiger partial charge in [-0.05, 0) is 31.6 Å². The van der Waals surface area contributed by atoms with Crippen LogP contribution < -0.4 is 0 Å². The number of hydrogen-bond donors (Lipinski definition) is 0. The second-order valence-electron chi connectivity index (χ2n) is 4.22. The summed E-state index contributed by atoms with van der Waals surface area (Å²) in [5.74, 6) is 3.25. The van der Waals surface area contributed by atoms with E-state index in [-0.39, 0.29) is 12.4 Å². The molecule has 0 spiro atoms. The van der Waals surface area contributed by atoms with Gasteiger partial charge in [0.15, 0.2) is 6.29 Å². The SMILES string of the molecule is C#CC(CC(C)C)OC1CCCCO1. The van der Waals surface area contributed by atoms with E-state index in [1.165, 1.54) is 6.42 Å². The van der Waals surface area contributed by atoms with Gasteiger partial charge in [0.25, 0.3) is 0 Å². The van der Waals surface area contributed by atoms with Crippen LogP contribution in [0.3, 0.4) is 0 Å². The molecule has 1 aliphatic rings. The van der Waals surface area contributed by atoms with E-state index in [1.807, 2.05) is 0 Å². The zero-order chi connectivity index (χ0) is 10.4. The number of ether oxygens (including phenoxy) is 2.